The molecule has 1 atom stereocenters. The van der Waals surface area contributed by atoms with Crippen molar-refractivity contribution in [2.24, 2.45) is 0 Å². The van der Waals surface area contributed by atoms with Gasteiger partial charge < -0.3 is 5.32 Å². The van der Waals surface area contributed by atoms with Gasteiger partial charge in [0.1, 0.15) is 6.04 Å². The Labute approximate surface area is 211 Å². The van der Waals surface area contributed by atoms with Crippen LogP contribution in [-0.4, -0.2) is 35.0 Å². The molecule has 8 nitrogen and oxygen atoms in total. The van der Waals surface area contributed by atoms with Crippen LogP contribution in [0.5, 0.6) is 0 Å². The highest BCUT2D eigenvalue weighted by Crippen LogP contribution is 2.29. The molecule has 0 spiro atoms. The Kier molecular flexibility index (Phi) is 7.78. The van der Waals surface area contributed by atoms with Gasteiger partial charge in [0.25, 0.3) is 10.0 Å². The van der Waals surface area contributed by atoms with Gasteiger partial charge in [-0.3, -0.25) is 13.8 Å². The zero-order valence-corrected chi connectivity index (χ0v) is 22.0. The van der Waals surface area contributed by atoms with E-state index in [0.717, 1.165) is 16.1 Å². The highest BCUT2D eigenvalue weighted by atomic mass is 35.5. The number of rotatable bonds is 8. The first-order valence-corrected chi connectivity index (χ1v) is 14.2. The monoisotopic (exact) mass is 535 g/mol. The standard InChI is InChI=1S/C24H26ClN3O5S2/c1-16-5-9-21(10-6-16)27-35(32,33)22-13-11-20(12-14-22)26-24(29)18(3)28(34(4,30)31)23-15-19(25)8-7-17(23)2/h5-15,18,27H,1-4H3,(H,26,29)/t18-/m0/s1. The molecule has 0 aromatic heterocycles. The van der Waals surface area contributed by atoms with E-state index in [2.05, 4.69) is 10.0 Å². The molecular formula is C24H26ClN3O5S2. The Bertz CT molecular complexity index is 1440. The van der Waals surface area contributed by atoms with E-state index in [0.29, 0.717) is 27.6 Å². The summed E-state index contributed by atoms with van der Waals surface area (Å²) in [5, 5.41) is 2.98. The fourth-order valence-corrected chi connectivity index (χ4v) is 5.85. The van der Waals surface area contributed by atoms with Crippen LogP contribution in [0.15, 0.2) is 71.6 Å². The molecule has 0 saturated heterocycles. The fraction of sp³-hybridized carbons (Fsp3) is 0.208. The maximum Gasteiger partial charge on any atom is 0.261 e. The zero-order chi connectivity index (χ0) is 26.0. The molecule has 11 heteroatoms. The van der Waals surface area contributed by atoms with Gasteiger partial charge in [0, 0.05) is 16.4 Å². The van der Waals surface area contributed by atoms with E-state index in [1.807, 2.05) is 6.92 Å². The van der Waals surface area contributed by atoms with Gasteiger partial charge in [-0.05, 0) is 74.9 Å². The number of hydrogen-bond donors (Lipinski definition) is 2. The fourth-order valence-electron chi connectivity index (χ4n) is 3.40. The van der Waals surface area contributed by atoms with Crippen LogP contribution in [0.3, 0.4) is 0 Å². The molecule has 0 heterocycles. The van der Waals surface area contributed by atoms with Crippen LogP contribution < -0.4 is 14.3 Å². The summed E-state index contributed by atoms with van der Waals surface area (Å²) in [4.78, 5) is 13.0. The van der Waals surface area contributed by atoms with Crippen LogP contribution in [0.2, 0.25) is 5.02 Å². The number of benzene rings is 3. The molecule has 0 unspecified atom stereocenters. The van der Waals surface area contributed by atoms with Gasteiger partial charge in [0.2, 0.25) is 15.9 Å². The van der Waals surface area contributed by atoms with Crippen molar-refractivity contribution in [2.75, 3.05) is 20.6 Å². The van der Waals surface area contributed by atoms with Crippen LogP contribution >= 0.6 is 11.6 Å². The SMILES string of the molecule is Cc1ccc(NS(=O)(=O)c2ccc(NC(=O)[C@H](C)N(c3cc(Cl)ccc3C)S(C)(=O)=O)cc2)cc1. The lowest BCUT2D eigenvalue weighted by molar-refractivity contribution is -0.116. The third-order valence-electron chi connectivity index (χ3n) is 5.23. The maximum absolute atomic E-state index is 12.9. The molecule has 0 bridgehead atoms. The van der Waals surface area contributed by atoms with E-state index in [9.17, 15) is 21.6 Å². The highest BCUT2D eigenvalue weighted by molar-refractivity contribution is 7.92. The number of nitrogens with one attached hydrogen (secondary N) is 2. The summed E-state index contributed by atoms with van der Waals surface area (Å²) in [5.74, 6) is -0.594. The molecule has 0 radical (unpaired) electrons. The third kappa shape index (κ3) is 6.53. The first kappa shape index (κ1) is 26.5. The molecule has 0 aliphatic heterocycles. The Balaban J connectivity index is 1.79. The molecule has 0 aliphatic rings. The molecule has 1 amide bonds. The third-order valence-corrected chi connectivity index (χ3v) is 8.09. The van der Waals surface area contributed by atoms with Crippen molar-refractivity contribution in [1.29, 1.82) is 0 Å². The van der Waals surface area contributed by atoms with Gasteiger partial charge in [-0.15, -0.1) is 0 Å². The number of aryl methyl sites for hydroxylation is 2. The van der Waals surface area contributed by atoms with Crippen LogP contribution in [0.25, 0.3) is 0 Å². The highest BCUT2D eigenvalue weighted by Gasteiger charge is 2.30. The van der Waals surface area contributed by atoms with Crippen molar-refractivity contribution in [3.05, 3.63) is 82.9 Å². The Morgan fingerprint density at radius 3 is 2.03 bits per heavy atom. The number of hydrogen-bond acceptors (Lipinski definition) is 5. The van der Waals surface area contributed by atoms with Crippen molar-refractivity contribution >= 4 is 54.6 Å². The molecule has 3 aromatic carbocycles. The van der Waals surface area contributed by atoms with Crippen LogP contribution in [0.4, 0.5) is 17.1 Å². The van der Waals surface area contributed by atoms with Crippen LogP contribution in [-0.2, 0) is 24.8 Å². The minimum atomic E-state index is -3.83. The second-order valence-corrected chi connectivity index (χ2v) is 12.1. The summed E-state index contributed by atoms with van der Waals surface area (Å²) >= 11 is 6.06. The van der Waals surface area contributed by atoms with E-state index in [1.165, 1.54) is 37.3 Å². The first-order valence-electron chi connectivity index (χ1n) is 10.5. The molecule has 0 aliphatic carbocycles. The molecule has 0 saturated carbocycles. The summed E-state index contributed by atoms with van der Waals surface area (Å²) in [7, 11) is -7.65. The van der Waals surface area contributed by atoms with Gasteiger partial charge in [-0.2, -0.15) is 0 Å². The van der Waals surface area contributed by atoms with Crippen molar-refractivity contribution in [1.82, 2.24) is 0 Å². The number of carbonyl (C=O) groups is 1. The molecule has 2 N–H and O–H groups in total. The molecular weight excluding hydrogens is 510 g/mol. The van der Waals surface area contributed by atoms with E-state index in [1.54, 1.807) is 43.3 Å². The van der Waals surface area contributed by atoms with E-state index < -0.39 is 32.0 Å². The lowest BCUT2D eigenvalue weighted by Gasteiger charge is -2.29. The summed E-state index contributed by atoms with van der Waals surface area (Å²) in [6.45, 7) is 5.08. The summed E-state index contributed by atoms with van der Waals surface area (Å²) in [6.07, 6.45) is 1.01. The Morgan fingerprint density at radius 2 is 1.46 bits per heavy atom. The van der Waals surface area contributed by atoms with Gasteiger partial charge in [-0.25, -0.2) is 16.8 Å². The molecule has 35 heavy (non-hydrogen) atoms. The number of anilines is 3. The molecule has 3 rings (SSSR count). The lowest BCUT2D eigenvalue weighted by atomic mass is 10.1. The molecule has 0 fully saturated rings. The van der Waals surface area contributed by atoms with Crippen LogP contribution in [0.1, 0.15) is 18.1 Å². The lowest BCUT2D eigenvalue weighted by Crippen LogP contribution is -2.45. The normalized spacial score (nSPS) is 12.6. The van der Waals surface area contributed by atoms with E-state index in [4.69, 9.17) is 11.6 Å². The van der Waals surface area contributed by atoms with E-state index >= 15 is 0 Å². The minimum Gasteiger partial charge on any atom is -0.324 e. The average molecular weight is 536 g/mol. The van der Waals surface area contributed by atoms with Crippen molar-refractivity contribution < 1.29 is 21.6 Å². The predicted molar refractivity (Wildman–Crippen MR) is 140 cm³/mol. The van der Waals surface area contributed by atoms with Gasteiger partial charge in [0.05, 0.1) is 16.8 Å². The van der Waals surface area contributed by atoms with Gasteiger partial charge in [0.15, 0.2) is 0 Å². The van der Waals surface area contributed by atoms with Crippen LogP contribution in [0, 0.1) is 13.8 Å². The van der Waals surface area contributed by atoms with Crippen molar-refractivity contribution in [3.8, 4) is 0 Å². The Hall–Kier alpha value is -3.08. The van der Waals surface area contributed by atoms with Crippen molar-refractivity contribution in [3.63, 3.8) is 0 Å². The van der Waals surface area contributed by atoms with Gasteiger partial charge >= 0.3 is 0 Å². The number of sulfonamides is 2. The molecule has 3 aromatic rings. The number of carbonyl (C=O) groups excluding carboxylic acids is 1. The summed E-state index contributed by atoms with van der Waals surface area (Å²) < 4.78 is 53.9. The smallest absolute Gasteiger partial charge is 0.261 e. The maximum atomic E-state index is 12.9. The first-order chi connectivity index (χ1) is 16.3. The summed E-state index contributed by atoms with van der Waals surface area (Å²) in [6, 6.07) is 16.2. The minimum absolute atomic E-state index is 0.0106. The number of nitrogens with zero attached hydrogens (tertiary/aromatic N) is 1. The average Bonchev–Trinajstić information content (AvgIpc) is 2.77. The largest absolute Gasteiger partial charge is 0.324 e. The number of halogens is 1. The molecule has 186 valence electrons. The second kappa shape index (κ2) is 10.3. The quantitative estimate of drug-likeness (QED) is 0.439. The zero-order valence-electron chi connectivity index (χ0n) is 19.6. The van der Waals surface area contributed by atoms with Gasteiger partial charge in [-0.1, -0.05) is 35.4 Å². The predicted octanol–water partition coefficient (Wildman–Crippen LogP) is 4.55. The Morgan fingerprint density at radius 1 is 0.886 bits per heavy atom. The number of amides is 1. The topological polar surface area (TPSA) is 113 Å². The van der Waals surface area contributed by atoms with E-state index in [-0.39, 0.29) is 4.90 Å². The summed E-state index contributed by atoms with van der Waals surface area (Å²) in [5.41, 5.74) is 2.68. The second-order valence-electron chi connectivity index (χ2n) is 8.15. The van der Waals surface area contributed by atoms with Crippen molar-refractivity contribution in [2.45, 2.75) is 31.7 Å².